The molecule has 0 bridgehead atoms. The molecule has 6 nitrogen and oxygen atoms in total. The van der Waals surface area contributed by atoms with E-state index < -0.39 is 11.9 Å². The lowest BCUT2D eigenvalue weighted by molar-refractivity contribution is -0.143. The van der Waals surface area contributed by atoms with Gasteiger partial charge in [-0.25, -0.2) is 0 Å². The number of amides is 1. The standard InChI is InChI=1S/C14H19NO5/c1-4-19-14(17)8-15-13(16)9-20-11-6-5-10(2)7-12(11)18-3/h5-7H,4,8-9H2,1-3H3,(H,15,16). The molecule has 6 heteroatoms. The first-order valence-electron chi connectivity index (χ1n) is 6.26. The monoisotopic (exact) mass is 281 g/mol. The lowest BCUT2D eigenvalue weighted by Gasteiger charge is -2.11. The van der Waals surface area contributed by atoms with Crippen molar-refractivity contribution in [1.29, 1.82) is 0 Å². The van der Waals surface area contributed by atoms with Gasteiger partial charge < -0.3 is 19.5 Å². The Morgan fingerprint density at radius 3 is 2.65 bits per heavy atom. The molecule has 1 aromatic rings. The van der Waals surface area contributed by atoms with Crippen molar-refractivity contribution in [3.8, 4) is 11.5 Å². The van der Waals surface area contributed by atoms with Crippen molar-refractivity contribution in [2.24, 2.45) is 0 Å². The van der Waals surface area contributed by atoms with Crippen molar-refractivity contribution < 1.29 is 23.8 Å². The first-order chi connectivity index (χ1) is 9.56. The van der Waals surface area contributed by atoms with E-state index in [4.69, 9.17) is 14.2 Å². The minimum atomic E-state index is -0.478. The molecule has 0 saturated heterocycles. The second-order valence-electron chi connectivity index (χ2n) is 4.02. The van der Waals surface area contributed by atoms with E-state index >= 15 is 0 Å². The number of nitrogens with one attached hydrogen (secondary N) is 1. The summed E-state index contributed by atoms with van der Waals surface area (Å²) in [5.41, 5.74) is 1.03. The van der Waals surface area contributed by atoms with Gasteiger partial charge in [-0.3, -0.25) is 9.59 Å². The molecular formula is C14H19NO5. The topological polar surface area (TPSA) is 73.9 Å². The number of methoxy groups -OCH3 is 1. The first kappa shape index (κ1) is 15.8. The third-order valence-electron chi connectivity index (χ3n) is 2.41. The summed E-state index contributed by atoms with van der Waals surface area (Å²) in [6, 6.07) is 5.40. The fourth-order valence-corrected chi connectivity index (χ4v) is 1.47. The molecule has 0 heterocycles. The van der Waals surface area contributed by atoms with Gasteiger partial charge in [-0.05, 0) is 31.5 Å². The van der Waals surface area contributed by atoms with Crippen LogP contribution < -0.4 is 14.8 Å². The minimum absolute atomic E-state index is 0.166. The van der Waals surface area contributed by atoms with Crippen LogP contribution in [0, 0.1) is 6.92 Å². The van der Waals surface area contributed by atoms with Gasteiger partial charge in [0.05, 0.1) is 13.7 Å². The Morgan fingerprint density at radius 1 is 1.25 bits per heavy atom. The molecule has 0 aliphatic carbocycles. The molecule has 0 fully saturated rings. The minimum Gasteiger partial charge on any atom is -0.493 e. The van der Waals surface area contributed by atoms with Crippen molar-refractivity contribution >= 4 is 11.9 Å². The Morgan fingerprint density at radius 2 is 2.00 bits per heavy atom. The second kappa shape index (κ2) is 8.04. The van der Waals surface area contributed by atoms with E-state index in [-0.39, 0.29) is 19.8 Å². The number of aryl methyl sites for hydroxylation is 1. The quantitative estimate of drug-likeness (QED) is 0.757. The number of rotatable bonds is 7. The molecule has 0 atom stereocenters. The first-order valence-corrected chi connectivity index (χ1v) is 6.26. The molecule has 0 spiro atoms. The number of hydrogen-bond donors (Lipinski definition) is 1. The van der Waals surface area contributed by atoms with Gasteiger partial charge in [0.2, 0.25) is 0 Å². The van der Waals surface area contributed by atoms with Gasteiger partial charge >= 0.3 is 5.97 Å². The summed E-state index contributed by atoms with van der Waals surface area (Å²) < 4.78 is 15.2. The van der Waals surface area contributed by atoms with Crippen LogP contribution in [-0.4, -0.2) is 38.7 Å². The van der Waals surface area contributed by atoms with Crippen molar-refractivity contribution in [3.05, 3.63) is 23.8 Å². The molecule has 1 N–H and O–H groups in total. The number of esters is 1. The Hall–Kier alpha value is -2.24. The molecule has 110 valence electrons. The second-order valence-corrected chi connectivity index (χ2v) is 4.02. The van der Waals surface area contributed by atoms with Crippen molar-refractivity contribution in [2.45, 2.75) is 13.8 Å². The smallest absolute Gasteiger partial charge is 0.325 e. The lowest BCUT2D eigenvalue weighted by Crippen LogP contribution is -2.34. The third kappa shape index (κ3) is 5.17. The van der Waals surface area contributed by atoms with Gasteiger partial charge in [0.25, 0.3) is 5.91 Å². The molecule has 0 unspecified atom stereocenters. The fourth-order valence-electron chi connectivity index (χ4n) is 1.47. The Kier molecular flexibility index (Phi) is 6.36. The van der Waals surface area contributed by atoms with Crippen molar-refractivity contribution in [1.82, 2.24) is 5.32 Å². The number of ether oxygens (including phenoxy) is 3. The van der Waals surface area contributed by atoms with Crippen LogP contribution in [-0.2, 0) is 14.3 Å². The van der Waals surface area contributed by atoms with Crippen molar-refractivity contribution in [2.75, 3.05) is 26.9 Å². The number of carbonyl (C=O) groups is 2. The van der Waals surface area contributed by atoms with E-state index in [0.717, 1.165) is 5.56 Å². The maximum atomic E-state index is 11.5. The van der Waals surface area contributed by atoms with Crippen LogP contribution in [0.4, 0.5) is 0 Å². The van der Waals surface area contributed by atoms with Crippen LogP contribution in [0.25, 0.3) is 0 Å². The van der Waals surface area contributed by atoms with Crippen molar-refractivity contribution in [3.63, 3.8) is 0 Å². The maximum Gasteiger partial charge on any atom is 0.325 e. The molecule has 0 aliphatic rings. The van der Waals surface area contributed by atoms with E-state index in [2.05, 4.69) is 5.32 Å². The van der Waals surface area contributed by atoms with Gasteiger partial charge in [-0.15, -0.1) is 0 Å². The van der Waals surface area contributed by atoms with Crippen LogP contribution in [0.15, 0.2) is 18.2 Å². The molecule has 20 heavy (non-hydrogen) atoms. The Balaban J connectivity index is 2.43. The molecule has 0 aliphatic heterocycles. The SMILES string of the molecule is CCOC(=O)CNC(=O)COc1ccc(C)cc1OC. The highest BCUT2D eigenvalue weighted by molar-refractivity contribution is 5.82. The maximum absolute atomic E-state index is 11.5. The van der Waals surface area contributed by atoms with E-state index in [1.807, 2.05) is 19.1 Å². The molecule has 0 radical (unpaired) electrons. The summed E-state index contributed by atoms with van der Waals surface area (Å²) in [5.74, 6) is 0.155. The average Bonchev–Trinajstić information content (AvgIpc) is 2.44. The molecule has 1 rings (SSSR count). The van der Waals surface area contributed by atoms with Crippen LogP contribution in [0.2, 0.25) is 0 Å². The highest BCUT2D eigenvalue weighted by Gasteiger charge is 2.09. The van der Waals surface area contributed by atoms with Crippen LogP contribution in [0.1, 0.15) is 12.5 Å². The Bertz CT molecular complexity index is 473. The number of carbonyl (C=O) groups excluding carboxylic acids is 2. The Labute approximate surface area is 118 Å². The normalized spacial score (nSPS) is 9.75. The summed E-state index contributed by atoms with van der Waals surface area (Å²) >= 11 is 0. The molecule has 0 aromatic heterocycles. The third-order valence-corrected chi connectivity index (χ3v) is 2.41. The zero-order chi connectivity index (χ0) is 15.0. The fraction of sp³-hybridized carbons (Fsp3) is 0.429. The highest BCUT2D eigenvalue weighted by atomic mass is 16.5. The summed E-state index contributed by atoms with van der Waals surface area (Å²) in [6.45, 7) is 3.55. The van der Waals surface area contributed by atoms with E-state index in [0.29, 0.717) is 11.5 Å². The number of benzene rings is 1. The largest absolute Gasteiger partial charge is 0.493 e. The van der Waals surface area contributed by atoms with Crippen LogP contribution in [0.3, 0.4) is 0 Å². The van der Waals surface area contributed by atoms with Gasteiger partial charge in [0, 0.05) is 0 Å². The molecule has 1 aromatic carbocycles. The summed E-state index contributed by atoms with van der Waals surface area (Å²) in [7, 11) is 1.53. The number of hydrogen-bond acceptors (Lipinski definition) is 5. The molecular weight excluding hydrogens is 262 g/mol. The molecule has 0 saturated carbocycles. The van der Waals surface area contributed by atoms with Crippen LogP contribution in [0.5, 0.6) is 11.5 Å². The van der Waals surface area contributed by atoms with E-state index in [1.165, 1.54) is 7.11 Å². The molecule has 1 amide bonds. The van der Waals surface area contributed by atoms with Crippen LogP contribution >= 0.6 is 0 Å². The van der Waals surface area contributed by atoms with E-state index in [9.17, 15) is 9.59 Å². The van der Waals surface area contributed by atoms with Gasteiger partial charge in [-0.2, -0.15) is 0 Å². The van der Waals surface area contributed by atoms with Gasteiger partial charge in [-0.1, -0.05) is 6.07 Å². The predicted octanol–water partition coefficient (Wildman–Crippen LogP) is 1.06. The van der Waals surface area contributed by atoms with Gasteiger partial charge in [0.1, 0.15) is 6.54 Å². The zero-order valence-corrected chi connectivity index (χ0v) is 11.9. The average molecular weight is 281 g/mol. The summed E-state index contributed by atoms with van der Waals surface area (Å²) in [5, 5.41) is 2.41. The highest BCUT2D eigenvalue weighted by Crippen LogP contribution is 2.27. The summed E-state index contributed by atoms with van der Waals surface area (Å²) in [6.07, 6.45) is 0. The van der Waals surface area contributed by atoms with E-state index in [1.54, 1.807) is 13.0 Å². The van der Waals surface area contributed by atoms with Gasteiger partial charge in [0.15, 0.2) is 18.1 Å². The predicted molar refractivity (Wildman–Crippen MR) is 72.9 cm³/mol. The lowest BCUT2D eigenvalue weighted by atomic mass is 10.2. The zero-order valence-electron chi connectivity index (χ0n) is 11.9. The summed E-state index contributed by atoms with van der Waals surface area (Å²) in [4.78, 5) is 22.6.